The highest BCUT2D eigenvalue weighted by molar-refractivity contribution is 8.18. The van der Waals surface area contributed by atoms with Crippen molar-refractivity contribution in [1.82, 2.24) is 14.4 Å². The summed E-state index contributed by atoms with van der Waals surface area (Å²) >= 11 is 0.853. The third kappa shape index (κ3) is 4.08. The van der Waals surface area contributed by atoms with Gasteiger partial charge >= 0.3 is 0 Å². The van der Waals surface area contributed by atoms with E-state index in [4.69, 9.17) is 5.73 Å². The highest BCUT2D eigenvalue weighted by Crippen LogP contribution is 2.34. The van der Waals surface area contributed by atoms with E-state index in [-0.39, 0.29) is 12.5 Å². The second-order valence-corrected chi connectivity index (χ2v) is 8.92. The average Bonchev–Trinajstić information content (AvgIpc) is 3.45. The van der Waals surface area contributed by atoms with Gasteiger partial charge in [-0.25, -0.2) is 0 Å². The maximum atomic E-state index is 12.8. The van der Waals surface area contributed by atoms with E-state index in [0.717, 1.165) is 52.1 Å². The third-order valence-electron chi connectivity index (χ3n) is 5.79. The number of rotatable bonds is 5. The first-order valence-electron chi connectivity index (χ1n) is 10.4. The number of nitrogens with zero attached hydrogens (tertiary/aromatic N) is 3. The Balaban J connectivity index is 1.57. The summed E-state index contributed by atoms with van der Waals surface area (Å²) in [6, 6.07) is 8.88. The van der Waals surface area contributed by atoms with E-state index < -0.39 is 17.1 Å². The monoisotopic (exact) mass is 452 g/mol. The number of imide groups is 1. The quantitative estimate of drug-likeness (QED) is 0.703. The molecule has 3 heterocycles. The predicted octanol–water partition coefficient (Wildman–Crippen LogP) is 2.85. The Morgan fingerprint density at radius 1 is 1.09 bits per heavy atom. The Labute approximate surface area is 190 Å². The molecule has 2 aliphatic heterocycles. The fraction of sp³-hybridized carbons (Fsp3) is 0.304. The molecule has 9 heteroatoms. The topological polar surface area (TPSA) is 106 Å². The van der Waals surface area contributed by atoms with Crippen molar-refractivity contribution in [3.63, 3.8) is 0 Å². The van der Waals surface area contributed by atoms with Gasteiger partial charge in [-0.15, -0.1) is 0 Å². The molecule has 4 rings (SSSR count). The van der Waals surface area contributed by atoms with Crippen molar-refractivity contribution in [3.05, 3.63) is 57.8 Å². The lowest BCUT2D eigenvalue weighted by atomic mass is 10.2. The molecule has 2 fully saturated rings. The number of carbonyl (C=O) groups excluding carboxylic acids is 4. The molecule has 0 unspecified atom stereocenters. The van der Waals surface area contributed by atoms with Crippen molar-refractivity contribution >= 4 is 40.8 Å². The van der Waals surface area contributed by atoms with Crippen LogP contribution in [-0.2, 0) is 9.59 Å². The summed E-state index contributed by atoms with van der Waals surface area (Å²) in [7, 11) is 0. The summed E-state index contributed by atoms with van der Waals surface area (Å²) in [5.41, 5.74) is 9.22. The van der Waals surface area contributed by atoms with E-state index in [1.807, 2.05) is 36.6 Å². The van der Waals surface area contributed by atoms with Gasteiger partial charge in [0.05, 0.1) is 4.91 Å². The van der Waals surface area contributed by atoms with Gasteiger partial charge in [-0.1, -0.05) is 0 Å². The molecule has 1 aromatic heterocycles. The van der Waals surface area contributed by atoms with Gasteiger partial charge in [-0.3, -0.25) is 24.1 Å². The van der Waals surface area contributed by atoms with Crippen molar-refractivity contribution in [2.75, 3.05) is 19.6 Å². The summed E-state index contributed by atoms with van der Waals surface area (Å²) in [6.45, 7) is 5.00. The standard InChI is InChI=1S/C23H24N4O4S/c1-14-11-17(15(2)27(14)18-7-5-16(6-8-18)21(24)29)12-19-22(30)26(23(31)32-19)13-20(28)25-9-3-4-10-25/h5-8,11-12H,3-4,9-10,13H2,1-2H3,(H2,24,29)/b19-12+. The molecule has 32 heavy (non-hydrogen) atoms. The van der Waals surface area contributed by atoms with E-state index in [9.17, 15) is 19.2 Å². The summed E-state index contributed by atoms with van der Waals surface area (Å²) in [5.74, 6) is -1.12. The number of thioether (sulfide) groups is 1. The fourth-order valence-corrected chi connectivity index (χ4v) is 4.91. The first-order chi connectivity index (χ1) is 15.3. The van der Waals surface area contributed by atoms with Crippen LogP contribution in [0.5, 0.6) is 0 Å². The van der Waals surface area contributed by atoms with Crippen LogP contribution in [0, 0.1) is 13.8 Å². The number of hydrogen-bond acceptors (Lipinski definition) is 5. The van der Waals surface area contributed by atoms with Gasteiger partial charge in [0.15, 0.2) is 0 Å². The fourth-order valence-electron chi connectivity index (χ4n) is 4.09. The molecule has 2 N–H and O–H groups in total. The highest BCUT2D eigenvalue weighted by Gasteiger charge is 2.37. The van der Waals surface area contributed by atoms with Crippen LogP contribution in [0.1, 0.15) is 40.2 Å². The van der Waals surface area contributed by atoms with Crippen LogP contribution < -0.4 is 5.73 Å². The molecule has 4 amide bonds. The van der Waals surface area contributed by atoms with E-state index in [0.29, 0.717) is 23.6 Å². The zero-order chi connectivity index (χ0) is 23.0. The van der Waals surface area contributed by atoms with E-state index >= 15 is 0 Å². The molecule has 8 nitrogen and oxygen atoms in total. The molecule has 2 saturated heterocycles. The first-order valence-corrected chi connectivity index (χ1v) is 11.2. The molecule has 0 radical (unpaired) electrons. The zero-order valence-electron chi connectivity index (χ0n) is 18.0. The maximum absolute atomic E-state index is 12.8. The van der Waals surface area contributed by atoms with Crippen LogP contribution in [0.4, 0.5) is 4.79 Å². The molecular weight excluding hydrogens is 428 g/mol. The number of aryl methyl sites for hydroxylation is 1. The molecule has 0 saturated carbocycles. The summed E-state index contributed by atoms with van der Waals surface area (Å²) < 4.78 is 2.00. The second-order valence-electron chi connectivity index (χ2n) is 7.93. The van der Waals surface area contributed by atoms with Crippen LogP contribution in [-0.4, -0.2) is 57.0 Å². The van der Waals surface area contributed by atoms with Crippen LogP contribution in [0.15, 0.2) is 35.2 Å². The average molecular weight is 453 g/mol. The number of nitrogens with two attached hydrogens (primary N) is 1. The molecule has 0 spiro atoms. The highest BCUT2D eigenvalue weighted by atomic mass is 32.2. The van der Waals surface area contributed by atoms with Gasteiger partial charge in [-0.2, -0.15) is 0 Å². The van der Waals surface area contributed by atoms with Crippen LogP contribution >= 0.6 is 11.8 Å². The molecule has 2 aromatic rings. The van der Waals surface area contributed by atoms with Crippen molar-refractivity contribution in [2.24, 2.45) is 5.73 Å². The third-order valence-corrected chi connectivity index (χ3v) is 6.70. The summed E-state index contributed by atoms with van der Waals surface area (Å²) in [6.07, 6.45) is 3.60. The molecule has 0 atom stereocenters. The van der Waals surface area contributed by atoms with Crippen molar-refractivity contribution < 1.29 is 19.2 Å². The minimum Gasteiger partial charge on any atom is -0.366 e. The van der Waals surface area contributed by atoms with E-state index in [1.165, 1.54) is 0 Å². The largest absolute Gasteiger partial charge is 0.366 e. The van der Waals surface area contributed by atoms with Gasteiger partial charge in [0.1, 0.15) is 6.54 Å². The normalized spacial score (nSPS) is 17.6. The molecule has 166 valence electrons. The number of likely N-dealkylation sites (tertiary alicyclic amines) is 1. The van der Waals surface area contributed by atoms with Gasteiger partial charge in [0.2, 0.25) is 11.8 Å². The Kier molecular flexibility index (Phi) is 5.92. The number of aromatic nitrogens is 1. The number of benzene rings is 1. The number of hydrogen-bond donors (Lipinski definition) is 1. The van der Waals surface area contributed by atoms with Crippen LogP contribution in [0.25, 0.3) is 11.8 Å². The maximum Gasteiger partial charge on any atom is 0.294 e. The summed E-state index contributed by atoms with van der Waals surface area (Å²) in [4.78, 5) is 52.0. The van der Waals surface area contributed by atoms with Crippen LogP contribution in [0.3, 0.4) is 0 Å². The van der Waals surface area contributed by atoms with E-state index in [1.54, 1.807) is 23.1 Å². The lowest BCUT2D eigenvalue weighted by Crippen LogP contribution is -2.40. The lowest BCUT2D eigenvalue weighted by molar-refractivity contribution is -0.135. The molecule has 0 aliphatic carbocycles. The lowest BCUT2D eigenvalue weighted by Gasteiger charge is -2.18. The molecular formula is C23H24N4O4S. The van der Waals surface area contributed by atoms with Gasteiger partial charge in [-0.05, 0) is 80.4 Å². The number of primary amides is 1. The van der Waals surface area contributed by atoms with Crippen molar-refractivity contribution in [1.29, 1.82) is 0 Å². The minimum absolute atomic E-state index is 0.191. The minimum atomic E-state index is -0.489. The number of amides is 4. The van der Waals surface area contributed by atoms with Crippen molar-refractivity contribution in [3.8, 4) is 5.69 Å². The molecule has 2 aliphatic rings. The SMILES string of the molecule is Cc1cc(/C=C2/SC(=O)N(CC(=O)N3CCCC3)C2=O)c(C)n1-c1ccc(C(N)=O)cc1. The molecule has 1 aromatic carbocycles. The zero-order valence-corrected chi connectivity index (χ0v) is 18.8. The smallest absolute Gasteiger partial charge is 0.294 e. The Bertz CT molecular complexity index is 1140. The number of carbonyl (C=O) groups is 4. The van der Waals surface area contributed by atoms with Crippen molar-refractivity contribution in [2.45, 2.75) is 26.7 Å². The molecule has 0 bridgehead atoms. The first kappa shape index (κ1) is 21.9. The van der Waals surface area contributed by atoms with Crippen LogP contribution in [0.2, 0.25) is 0 Å². The second kappa shape index (κ2) is 8.66. The van der Waals surface area contributed by atoms with E-state index in [2.05, 4.69) is 0 Å². The van der Waals surface area contributed by atoms with Gasteiger partial charge in [0, 0.05) is 35.7 Å². The van der Waals surface area contributed by atoms with Gasteiger partial charge < -0.3 is 15.2 Å². The summed E-state index contributed by atoms with van der Waals surface area (Å²) in [5, 5.41) is -0.426. The predicted molar refractivity (Wildman–Crippen MR) is 122 cm³/mol. The Morgan fingerprint density at radius 3 is 2.38 bits per heavy atom. The van der Waals surface area contributed by atoms with Gasteiger partial charge in [0.25, 0.3) is 11.1 Å². The Morgan fingerprint density at radius 2 is 1.75 bits per heavy atom. The Hall–Kier alpha value is -3.33.